The molecule has 35 heavy (non-hydrogen) atoms. The van der Waals surface area contributed by atoms with E-state index in [2.05, 4.69) is 17.0 Å². The van der Waals surface area contributed by atoms with Gasteiger partial charge in [-0.2, -0.15) is 0 Å². The lowest BCUT2D eigenvalue weighted by Crippen LogP contribution is -2.45. The number of likely N-dealkylation sites (tertiary alicyclic amines) is 1. The van der Waals surface area contributed by atoms with Gasteiger partial charge in [-0.05, 0) is 80.3 Å². The molecule has 2 fully saturated rings. The second-order valence-electron chi connectivity index (χ2n) is 9.71. The van der Waals surface area contributed by atoms with Crippen LogP contribution in [0.25, 0.3) is 0 Å². The molecule has 1 aliphatic heterocycles. The molecule has 0 radical (unpaired) electrons. The average molecular weight is 498 g/mol. The molecule has 0 spiro atoms. The summed E-state index contributed by atoms with van der Waals surface area (Å²) < 4.78 is 28.6. The second-order valence-corrected chi connectivity index (χ2v) is 11.4. The fraction of sp³-hybridized carbons (Fsp3) is 0.481. The molecule has 1 heterocycles. The molecule has 7 nitrogen and oxygen atoms in total. The molecule has 4 rings (SSSR count). The molecule has 1 saturated carbocycles. The third-order valence-electron chi connectivity index (χ3n) is 6.76. The molecule has 1 aliphatic carbocycles. The second kappa shape index (κ2) is 11.2. The van der Waals surface area contributed by atoms with Gasteiger partial charge in [0.15, 0.2) is 0 Å². The predicted molar refractivity (Wildman–Crippen MR) is 137 cm³/mol. The van der Waals surface area contributed by atoms with Crippen molar-refractivity contribution in [2.75, 3.05) is 24.4 Å². The molecule has 188 valence electrons. The Kier molecular flexibility index (Phi) is 8.11. The number of carbonyl (C=O) groups excluding carboxylic acids is 2. The highest BCUT2D eigenvalue weighted by atomic mass is 32.2. The summed E-state index contributed by atoms with van der Waals surface area (Å²) in [6, 6.07) is 13.5. The van der Waals surface area contributed by atoms with Crippen molar-refractivity contribution in [2.45, 2.75) is 56.8 Å². The quantitative estimate of drug-likeness (QED) is 0.514. The van der Waals surface area contributed by atoms with Crippen LogP contribution in [0.15, 0.2) is 53.4 Å². The lowest BCUT2D eigenvalue weighted by atomic mass is 9.96. The first kappa shape index (κ1) is 25.2. The highest BCUT2D eigenvalue weighted by Gasteiger charge is 2.30. The number of nitrogens with one attached hydrogen (secondary N) is 2. The lowest BCUT2D eigenvalue weighted by Gasteiger charge is -2.32. The van der Waals surface area contributed by atoms with Gasteiger partial charge in [-0.15, -0.1) is 0 Å². The standard InChI is InChI=1S/C27H35N3O4S/c1-2-3-6-20-12-14-24(15-13-20)29-35(33,34)25-9-4-7-22(17-25)27(32)30-16-5-8-23(19-30)26(31)28-18-21-10-11-21/h4,7,9,12-15,17,21,23,29H,2-3,5-6,8,10-11,16,18-19H2,1H3,(H,28,31). The van der Waals surface area contributed by atoms with E-state index in [0.29, 0.717) is 30.3 Å². The van der Waals surface area contributed by atoms with Crippen LogP contribution in [0, 0.1) is 11.8 Å². The zero-order chi connectivity index (χ0) is 24.8. The molecule has 8 heteroatoms. The van der Waals surface area contributed by atoms with Gasteiger partial charge in [-0.3, -0.25) is 14.3 Å². The van der Waals surface area contributed by atoms with E-state index in [0.717, 1.165) is 38.6 Å². The van der Waals surface area contributed by atoms with E-state index < -0.39 is 10.0 Å². The Balaban J connectivity index is 1.40. The van der Waals surface area contributed by atoms with Gasteiger partial charge in [-0.25, -0.2) is 8.42 Å². The Labute approximate surface area is 208 Å². The van der Waals surface area contributed by atoms with Crippen LogP contribution in [-0.2, 0) is 21.2 Å². The first-order chi connectivity index (χ1) is 16.9. The highest BCUT2D eigenvalue weighted by molar-refractivity contribution is 7.92. The maximum atomic E-state index is 13.2. The van der Waals surface area contributed by atoms with Crippen LogP contribution >= 0.6 is 0 Å². The number of sulfonamides is 1. The van der Waals surface area contributed by atoms with Crippen molar-refractivity contribution in [3.63, 3.8) is 0 Å². The lowest BCUT2D eigenvalue weighted by molar-refractivity contribution is -0.126. The van der Waals surface area contributed by atoms with Crippen molar-refractivity contribution >= 4 is 27.5 Å². The number of amides is 2. The SMILES string of the molecule is CCCCc1ccc(NS(=O)(=O)c2cccc(C(=O)N3CCCC(C(=O)NCC4CC4)C3)c2)cc1. The van der Waals surface area contributed by atoms with Crippen LogP contribution in [0.2, 0.25) is 0 Å². The van der Waals surface area contributed by atoms with Gasteiger partial charge >= 0.3 is 0 Å². The normalized spacial score (nSPS) is 18.2. The largest absolute Gasteiger partial charge is 0.356 e. The number of aryl methyl sites for hydroxylation is 1. The number of hydrogen-bond acceptors (Lipinski definition) is 4. The van der Waals surface area contributed by atoms with Gasteiger partial charge in [0.05, 0.1) is 10.8 Å². The molecule has 2 aliphatic rings. The van der Waals surface area contributed by atoms with Crippen molar-refractivity contribution in [2.24, 2.45) is 11.8 Å². The zero-order valence-corrected chi connectivity index (χ0v) is 21.1. The number of nitrogens with zero attached hydrogens (tertiary/aromatic N) is 1. The van der Waals surface area contributed by atoms with Crippen LogP contribution in [0.1, 0.15) is 61.4 Å². The number of unbranched alkanes of at least 4 members (excludes halogenated alkanes) is 1. The average Bonchev–Trinajstić information content (AvgIpc) is 3.71. The smallest absolute Gasteiger partial charge is 0.261 e. The summed E-state index contributed by atoms with van der Waals surface area (Å²) in [5.74, 6) is 0.149. The van der Waals surface area contributed by atoms with E-state index in [4.69, 9.17) is 0 Å². The summed E-state index contributed by atoms with van der Waals surface area (Å²) in [6.45, 7) is 3.77. The molecule has 2 aromatic rings. The van der Waals surface area contributed by atoms with Crippen LogP contribution in [0.3, 0.4) is 0 Å². The molecule has 1 saturated heterocycles. The number of hydrogen-bond donors (Lipinski definition) is 2. The molecular formula is C27H35N3O4S. The molecule has 2 aromatic carbocycles. The van der Waals surface area contributed by atoms with Gasteiger partial charge in [0.25, 0.3) is 15.9 Å². The summed E-state index contributed by atoms with van der Waals surface area (Å²) >= 11 is 0. The Bertz CT molecular complexity index is 1140. The van der Waals surface area contributed by atoms with Crippen LogP contribution in [0.5, 0.6) is 0 Å². The van der Waals surface area contributed by atoms with E-state index in [1.165, 1.54) is 30.5 Å². The van der Waals surface area contributed by atoms with Crippen molar-refractivity contribution in [3.05, 3.63) is 59.7 Å². The topological polar surface area (TPSA) is 95.6 Å². The fourth-order valence-electron chi connectivity index (χ4n) is 4.40. The number of benzene rings is 2. The third kappa shape index (κ3) is 6.84. The monoisotopic (exact) mass is 497 g/mol. The summed E-state index contributed by atoms with van der Waals surface area (Å²) in [5.41, 5.74) is 1.96. The third-order valence-corrected chi connectivity index (χ3v) is 8.14. The number of anilines is 1. The van der Waals surface area contributed by atoms with Crippen molar-refractivity contribution in [1.29, 1.82) is 0 Å². The minimum absolute atomic E-state index is 0.00985. The minimum Gasteiger partial charge on any atom is -0.356 e. The van der Waals surface area contributed by atoms with E-state index >= 15 is 0 Å². The van der Waals surface area contributed by atoms with Gasteiger partial charge < -0.3 is 10.2 Å². The minimum atomic E-state index is -3.85. The maximum absolute atomic E-state index is 13.2. The Hall–Kier alpha value is -2.87. The number of carbonyl (C=O) groups is 2. The number of rotatable bonds is 10. The Morgan fingerprint density at radius 2 is 1.83 bits per heavy atom. The van der Waals surface area contributed by atoms with Crippen molar-refractivity contribution in [3.8, 4) is 0 Å². The first-order valence-corrected chi connectivity index (χ1v) is 14.1. The predicted octanol–water partition coefficient (Wildman–Crippen LogP) is 4.21. The van der Waals surface area contributed by atoms with Crippen molar-refractivity contribution in [1.82, 2.24) is 10.2 Å². The van der Waals surface area contributed by atoms with E-state index in [9.17, 15) is 18.0 Å². The molecule has 2 amide bonds. The fourth-order valence-corrected chi connectivity index (χ4v) is 5.50. The number of piperidine rings is 1. The maximum Gasteiger partial charge on any atom is 0.261 e. The Morgan fingerprint density at radius 3 is 2.54 bits per heavy atom. The molecule has 0 aromatic heterocycles. The van der Waals surface area contributed by atoms with E-state index in [1.807, 2.05) is 12.1 Å². The van der Waals surface area contributed by atoms with Crippen LogP contribution in [0.4, 0.5) is 5.69 Å². The van der Waals surface area contributed by atoms with Gasteiger partial charge in [-0.1, -0.05) is 31.5 Å². The molecular weight excluding hydrogens is 462 g/mol. The summed E-state index contributed by atoms with van der Waals surface area (Å²) in [4.78, 5) is 27.4. The van der Waals surface area contributed by atoms with Gasteiger partial charge in [0.1, 0.15) is 0 Å². The molecule has 0 bridgehead atoms. The van der Waals surface area contributed by atoms with Crippen molar-refractivity contribution < 1.29 is 18.0 Å². The van der Waals surface area contributed by atoms with E-state index in [1.54, 1.807) is 29.2 Å². The molecule has 1 unspecified atom stereocenters. The van der Waals surface area contributed by atoms with Gasteiger partial charge in [0, 0.05) is 30.9 Å². The molecule has 2 N–H and O–H groups in total. The highest BCUT2D eigenvalue weighted by Crippen LogP contribution is 2.28. The molecule has 1 atom stereocenters. The van der Waals surface area contributed by atoms with E-state index in [-0.39, 0.29) is 22.6 Å². The first-order valence-electron chi connectivity index (χ1n) is 12.6. The van der Waals surface area contributed by atoms with Gasteiger partial charge in [0.2, 0.25) is 5.91 Å². The van der Waals surface area contributed by atoms with Crippen LogP contribution < -0.4 is 10.0 Å². The summed E-state index contributed by atoms with van der Waals surface area (Å²) in [7, 11) is -3.85. The zero-order valence-electron chi connectivity index (χ0n) is 20.3. The summed E-state index contributed by atoms with van der Waals surface area (Å²) in [5, 5.41) is 3.01. The van der Waals surface area contributed by atoms with Crippen LogP contribution in [-0.4, -0.2) is 44.8 Å². The summed E-state index contributed by atoms with van der Waals surface area (Å²) in [6.07, 6.45) is 7.02. The Morgan fingerprint density at radius 1 is 1.06 bits per heavy atom.